The Labute approximate surface area is 82.0 Å². The molecule has 0 radical (unpaired) electrons. The topological polar surface area (TPSA) is 28.1 Å². The first-order chi connectivity index (χ1) is 6.38. The zero-order valence-electron chi connectivity index (χ0n) is 7.00. The van der Waals surface area contributed by atoms with Crippen molar-refractivity contribution in [3.05, 3.63) is 35.3 Å². The molecule has 86 valence electrons. The Balaban J connectivity index is 0.000000265. The molecule has 0 N–H and O–H groups in total. The van der Waals surface area contributed by atoms with Crippen molar-refractivity contribution in [3.63, 3.8) is 0 Å². The third-order valence-electron chi connectivity index (χ3n) is 0.872. The summed E-state index contributed by atoms with van der Waals surface area (Å²) in [6.07, 6.45) is 0. The number of nitrogens with zero attached hydrogens (tertiary/aromatic N) is 2. The molecular formula is C6H5AsF6N2. The van der Waals surface area contributed by atoms with Crippen LogP contribution in [0.25, 0.3) is 4.98 Å². The molecule has 1 aromatic carbocycles. The van der Waals surface area contributed by atoms with Gasteiger partial charge in [0.05, 0.1) is 0 Å². The van der Waals surface area contributed by atoms with Gasteiger partial charge in [0.2, 0.25) is 5.39 Å². The van der Waals surface area contributed by atoms with Crippen molar-refractivity contribution in [3.8, 4) is 0 Å². The second-order valence-electron chi connectivity index (χ2n) is 2.39. The molecule has 0 unspecified atom stereocenters. The third kappa shape index (κ3) is 19.3. The first kappa shape index (κ1) is 13.8. The third-order valence-corrected chi connectivity index (χ3v) is 0.872. The molecule has 0 aliphatic carbocycles. The maximum absolute atomic E-state index is 11.1. The molecule has 0 fully saturated rings. The minimum Gasteiger partial charge on any atom is -0.0617 e. The second-order valence-corrected chi connectivity index (χ2v) is 6.42. The van der Waals surface area contributed by atoms with Gasteiger partial charge in [0.1, 0.15) is 0 Å². The van der Waals surface area contributed by atoms with Gasteiger partial charge in [-0.05, 0) is 0 Å². The van der Waals surface area contributed by atoms with Crippen molar-refractivity contribution in [2.75, 3.05) is 0 Å². The minimum atomic E-state index is -11.1. The van der Waals surface area contributed by atoms with Gasteiger partial charge in [-0.15, -0.1) is 0 Å². The summed E-state index contributed by atoms with van der Waals surface area (Å²) in [4.78, 5) is 2.97. The molecule has 0 amide bonds. The van der Waals surface area contributed by atoms with Crippen LogP contribution in [0.3, 0.4) is 0 Å². The van der Waals surface area contributed by atoms with E-state index in [9.17, 15) is 20.8 Å². The fourth-order valence-electron chi connectivity index (χ4n) is 0.495. The fourth-order valence-corrected chi connectivity index (χ4v) is 0.495. The number of benzene rings is 1. The van der Waals surface area contributed by atoms with Crippen molar-refractivity contribution in [1.29, 1.82) is 5.39 Å². The van der Waals surface area contributed by atoms with Gasteiger partial charge in [0, 0.05) is 12.1 Å². The normalized spacial score (nSPS) is 15.0. The maximum Gasteiger partial charge on any atom is 0.385 e. The standard InChI is InChI=1S/C6H5N2.AsF6/c7-8-6-4-2-1-3-5-6;2-1(3,4,5,6)7/h1-5H;/q+1;-1. The summed E-state index contributed by atoms with van der Waals surface area (Å²) in [5, 5.41) is 8.16. The molecule has 0 aliphatic rings. The van der Waals surface area contributed by atoms with E-state index in [4.69, 9.17) is 5.39 Å². The van der Waals surface area contributed by atoms with Crippen LogP contribution in [0.1, 0.15) is 0 Å². The van der Waals surface area contributed by atoms with Crippen molar-refractivity contribution in [1.82, 2.24) is 0 Å². The van der Waals surface area contributed by atoms with E-state index >= 15 is 0 Å². The summed E-state index contributed by atoms with van der Waals surface area (Å²) < 4.78 is 59.4. The summed E-state index contributed by atoms with van der Waals surface area (Å²) in [6, 6.07) is 8.94. The number of halogens is 6. The van der Waals surface area contributed by atoms with Gasteiger partial charge < -0.3 is 0 Å². The zero-order chi connectivity index (χ0) is 12.2. The van der Waals surface area contributed by atoms with Crippen LogP contribution in [-0.2, 0) is 0 Å². The van der Waals surface area contributed by atoms with Crippen molar-refractivity contribution in [2.45, 2.75) is 0 Å². The number of hydrogen-bond acceptors (Lipinski definition) is 1. The van der Waals surface area contributed by atoms with E-state index in [0.717, 1.165) is 0 Å². The van der Waals surface area contributed by atoms with E-state index < -0.39 is 14.2 Å². The molecule has 0 aromatic heterocycles. The molecule has 1 aromatic rings. The Morgan fingerprint density at radius 1 is 0.867 bits per heavy atom. The van der Waals surface area contributed by atoms with E-state index in [0.29, 0.717) is 5.69 Å². The van der Waals surface area contributed by atoms with Gasteiger partial charge in [-0.3, -0.25) is 0 Å². The van der Waals surface area contributed by atoms with E-state index in [2.05, 4.69) is 4.98 Å². The number of diazo groups is 1. The van der Waals surface area contributed by atoms with Crippen molar-refractivity contribution in [2.24, 2.45) is 0 Å². The quantitative estimate of drug-likeness (QED) is 0.398. The molecule has 0 atom stereocenters. The molecule has 2 nitrogen and oxygen atoms in total. The zero-order valence-corrected chi connectivity index (χ0v) is 8.87. The smallest absolute Gasteiger partial charge is 0.0617 e. The predicted molar refractivity (Wildman–Crippen MR) is 43.6 cm³/mol. The average Bonchev–Trinajstić information content (AvgIpc) is 2.00. The first-order valence-corrected chi connectivity index (χ1v) is 7.60. The van der Waals surface area contributed by atoms with Crippen molar-refractivity contribution >= 4 is 19.9 Å². The molecular weight excluding hydrogens is 289 g/mol. The van der Waals surface area contributed by atoms with Gasteiger partial charge in [-0.2, -0.15) is 0 Å². The second kappa shape index (κ2) is 3.42. The Morgan fingerprint density at radius 3 is 1.40 bits per heavy atom. The summed E-state index contributed by atoms with van der Waals surface area (Å²) in [5.41, 5.74) is 0.590. The average molecular weight is 294 g/mol. The van der Waals surface area contributed by atoms with E-state index in [-0.39, 0.29) is 0 Å². The minimum absolute atomic E-state index is 0.590. The van der Waals surface area contributed by atoms with Crippen LogP contribution in [0.15, 0.2) is 30.3 Å². The van der Waals surface area contributed by atoms with Crippen LogP contribution in [0.2, 0.25) is 0 Å². The summed E-state index contributed by atoms with van der Waals surface area (Å²) in [6.45, 7) is 0. The molecule has 0 aliphatic heterocycles. The maximum atomic E-state index is 9.91. The van der Waals surface area contributed by atoms with Crippen LogP contribution < -0.4 is 0 Å². The largest absolute Gasteiger partial charge is 0.385 e. The van der Waals surface area contributed by atoms with Crippen LogP contribution in [0, 0.1) is 5.39 Å². The molecule has 15 heavy (non-hydrogen) atoms. The molecule has 0 saturated carbocycles. The van der Waals surface area contributed by atoms with Crippen LogP contribution in [0.5, 0.6) is 0 Å². The summed E-state index contributed by atoms with van der Waals surface area (Å²) >= 11 is -11.1. The fraction of sp³-hybridized carbons (Fsp3) is 0. The molecule has 0 saturated heterocycles. The molecule has 9 heteroatoms. The first-order valence-electron chi connectivity index (χ1n) is 3.35. The van der Waals surface area contributed by atoms with Gasteiger partial charge in [0.25, 0.3) is 0 Å². The predicted octanol–water partition coefficient (Wildman–Crippen LogP) is 4.31. The Kier molecular flexibility index (Phi) is 3.14. The monoisotopic (exact) mass is 294 g/mol. The van der Waals surface area contributed by atoms with E-state index in [1.807, 2.05) is 18.2 Å². The summed E-state index contributed by atoms with van der Waals surface area (Å²) in [7, 11) is 0. The summed E-state index contributed by atoms with van der Waals surface area (Å²) in [5.74, 6) is 0. The van der Waals surface area contributed by atoms with E-state index in [1.54, 1.807) is 12.1 Å². The number of hydrogen-bond donors (Lipinski definition) is 0. The Bertz CT molecular complexity index is 351. The Hall–Kier alpha value is -1.22. The molecule has 0 bridgehead atoms. The van der Waals surface area contributed by atoms with Crippen molar-refractivity contribution < 1.29 is 20.8 Å². The SMILES string of the molecule is F[As-](F)(F)(F)(F)F.N#[N+]c1ccccc1. The van der Waals surface area contributed by atoms with Crippen LogP contribution in [0.4, 0.5) is 26.5 Å². The molecule has 1 rings (SSSR count). The molecule has 0 spiro atoms. The van der Waals surface area contributed by atoms with Gasteiger partial charge in [-0.1, -0.05) is 18.2 Å². The van der Waals surface area contributed by atoms with E-state index in [1.165, 1.54) is 0 Å². The number of rotatable bonds is 0. The van der Waals surface area contributed by atoms with Gasteiger partial charge in [-0.25, -0.2) is 0 Å². The van der Waals surface area contributed by atoms with Crippen LogP contribution >= 0.6 is 0 Å². The van der Waals surface area contributed by atoms with Gasteiger partial charge >= 0.3 is 40.7 Å². The van der Waals surface area contributed by atoms with Crippen LogP contribution in [-0.4, -0.2) is 14.2 Å². The molecule has 0 heterocycles. The Morgan fingerprint density at radius 2 is 1.20 bits per heavy atom. The van der Waals surface area contributed by atoms with Gasteiger partial charge in [0.15, 0.2) is 4.98 Å².